The second-order valence-electron chi connectivity index (χ2n) is 9.12. The Labute approximate surface area is 199 Å². The summed E-state index contributed by atoms with van der Waals surface area (Å²) < 4.78 is 53.1. The molecule has 1 unspecified atom stereocenters. The quantitative estimate of drug-likeness (QED) is 0.406. The maximum absolute atomic E-state index is 14.1. The van der Waals surface area contributed by atoms with Crippen LogP contribution in [0.1, 0.15) is 37.5 Å². The average Bonchev–Trinajstić information content (AvgIpc) is 2.83. The van der Waals surface area contributed by atoms with E-state index in [1.807, 2.05) is 12.1 Å². The molecule has 1 saturated heterocycles. The molecule has 1 aliphatic heterocycles. The highest BCUT2D eigenvalue weighted by atomic mass is 19.4. The molecule has 0 aliphatic carbocycles. The van der Waals surface area contributed by atoms with Crippen LogP contribution in [0.4, 0.5) is 13.2 Å². The molecule has 5 rings (SSSR count). The predicted molar refractivity (Wildman–Crippen MR) is 126 cm³/mol. The number of benzene rings is 3. The van der Waals surface area contributed by atoms with Crippen LogP contribution in [0.5, 0.6) is 17.2 Å². The second kappa shape index (κ2) is 8.92. The Morgan fingerprint density at radius 3 is 2.60 bits per heavy atom. The number of halogens is 3. The maximum Gasteiger partial charge on any atom is 0.453 e. The average molecular weight is 484 g/mol. The first-order chi connectivity index (χ1) is 16.7. The van der Waals surface area contributed by atoms with Gasteiger partial charge in [-0.2, -0.15) is 13.2 Å². The summed E-state index contributed by atoms with van der Waals surface area (Å²) in [4.78, 5) is 14.4. The second-order valence-corrected chi connectivity index (χ2v) is 9.12. The Kier molecular flexibility index (Phi) is 5.92. The van der Waals surface area contributed by atoms with Gasteiger partial charge < -0.3 is 19.2 Å². The highest BCUT2D eigenvalue weighted by Crippen LogP contribution is 2.40. The number of hydrogen-bond acceptors (Lipinski definition) is 4. The standard InChI is InChI=1S/C27H24F3NO4/c1-16-6-4-5-13-31(16)15-21-22(32)12-11-20-23(33)25(26(27(28,29)30)35-24(20)21)34-19-10-9-17-7-2-3-8-18(17)14-19/h2-3,7-12,14,16,32H,4-6,13,15H2,1H3/p+1/t16-/m1/s1. The fourth-order valence-electron chi connectivity index (χ4n) is 4.83. The zero-order chi connectivity index (χ0) is 24.7. The van der Waals surface area contributed by atoms with Crippen molar-refractivity contribution in [3.8, 4) is 17.2 Å². The van der Waals surface area contributed by atoms with Gasteiger partial charge in [-0.25, -0.2) is 0 Å². The molecule has 35 heavy (non-hydrogen) atoms. The number of quaternary nitrogens is 1. The van der Waals surface area contributed by atoms with Crippen LogP contribution in [0.15, 0.2) is 63.8 Å². The summed E-state index contributed by atoms with van der Waals surface area (Å²) in [5.41, 5.74) is -0.987. The minimum atomic E-state index is -4.98. The molecule has 5 nitrogen and oxygen atoms in total. The van der Waals surface area contributed by atoms with Crippen molar-refractivity contribution in [2.24, 2.45) is 0 Å². The molecule has 2 heterocycles. The zero-order valence-electron chi connectivity index (χ0n) is 19.1. The predicted octanol–water partition coefficient (Wildman–Crippen LogP) is 5.42. The zero-order valence-corrected chi connectivity index (χ0v) is 19.1. The molecule has 0 saturated carbocycles. The number of piperidine rings is 1. The summed E-state index contributed by atoms with van der Waals surface area (Å²) in [6.07, 6.45) is -1.91. The molecule has 1 aliphatic rings. The van der Waals surface area contributed by atoms with Crippen LogP contribution in [0.3, 0.4) is 0 Å². The minimum absolute atomic E-state index is 0.0642. The van der Waals surface area contributed by atoms with Crippen molar-refractivity contribution in [2.75, 3.05) is 6.54 Å². The molecule has 8 heteroatoms. The van der Waals surface area contributed by atoms with Gasteiger partial charge in [0.05, 0.1) is 23.5 Å². The third kappa shape index (κ3) is 4.46. The molecule has 0 amide bonds. The lowest BCUT2D eigenvalue weighted by molar-refractivity contribution is -0.941. The van der Waals surface area contributed by atoms with Crippen LogP contribution in [0.2, 0.25) is 0 Å². The number of rotatable bonds is 4. The van der Waals surface area contributed by atoms with E-state index in [4.69, 9.17) is 9.15 Å². The van der Waals surface area contributed by atoms with Crippen LogP contribution in [0.25, 0.3) is 21.7 Å². The first-order valence-electron chi connectivity index (χ1n) is 11.6. The molecule has 2 N–H and O–H groups in total. The van der Waals surface area contributed by atoms with E-state index in [9.17, 15) is 23.1 Å². The van der Waals surface area contributed by atoms with E-state index in [0.717, 1.165) is 41.5 Å². The molecule has 2 atom stereocenters. The van der Waals surface area contributed by atoms with Gasteiger partial charge in [0.2, 0.25) is 11.2 Å². The number of hydrogen-bond donors (Lipinski definition) is 2. The highest BCUT2D eigenvalue weighted by molar-refractivity contribution is 5.85. The summed E-state index contributed by atoms with van der Waals surface area (Å²) in [5.74, 6) is -2.54. The van der Waals surface area contributed by atoms with E-state index in [1.165, 1.54) is 18.2 Å². The van der Waals surface area contributed by atoms with Crippen molar-refractivity contribution in [3.63, 3.8) is 0 Å². The van der Waals surface area contributed by atoms with Crippen molar-refractivity contribution < 1.29 is 32.3 Å². The third-order valence-corrected chi connectivity index (χ3v) is 6.78. The summed E-state index contributed by atoms with van der Waals surface area (Å²) in [6.45, 7) is 3.16. The smallest absolute Gasteiger partial charge is 0.453 e. The Balaban J connectivity index is 1.65. The Morgan fingerprint density at radius 2 is 1.86 bits per heavy atom. The van der Waals surface area contributed by atoms with Crippen LogP contribution in [0, 0.1) is 0 Å². The van der Waals surface area contributed by atoms with Gasteiger partial charge in [-0.15, -0.1) is 0 Å². The molecule has 0 bridgehead atoms. The van der Waals surface area contributed by atoms with Crippen molar-refractivity contribution >= 4 is 21.7 Å². The summed E-state index contributed by atoms with van der Waals surface area (Å²) in [7, 11) is 0. The van der Waals surface area contributed by atoms with E-state index in [-0.39, 0.29) is 40.6 Å². The van der Waals surface area contributed by atoms with E-state index < -0.39 is 23.1 Å². The first-order valence-corrected chi connectivity index (χ1v) is 11.6. The SMILES string of the molecule is C[C@@H]1CCCC[NH+]1Cc1c(O)ccc2c(=O)c(Oc3ccc4ccccc4c3)c(C(F)(F)F)oc12. The van der Waals surface area contributed by atoms with Gasteiger partial charge in [-0.3, -0.25) is 4.79 Å². The number of nitrogens with one attached hydrogen (secondary N) is 1. The molecular weight excluding hydrogens is 459 g/mol. The van der Waals surface area contributed by atoms with Crippen LogP contribution in [-0.4, -0.2) is 17.7 Å². The van der Waals surface area contributed by atoms with E-state index in [0.29, 0.717) is 0 Å². The third-order valence-electron chi connectivity index (χ3n) is 6.78. The van der Waals surface area contributed by atoms with Crippen molar-refractivity contribution in [1.82, 2.24) is 0 Å². The lowest BCUT2D eigenvalue weighted by Gasteiger charge is -2.30. The molecule has 0 spiro atoms. The fourth-order valence-corrected chi connectivity index (χ4v) is 4.83. The van der Waals surface area contributed by atoms with Crippen LogP contribution < -0.4 is 15.1 Å². The Morgan fingerprint density at radius 1 is 1.09 bits per heavy atom. The first kappa shape index (κ1) is 23.2. The topological polar surface area (TPSA) is 64.1 Å². The highest BCUT2D eigenvalue weighted by Gasteiger charge is 2.41. The van der Waals surface area contributed by atoms with Gasteiger partial charge in [-0.05, 0) is 61.2 Å². The molecular formula is C27H25F3NO4+. The van der Waals surface area contributed by atoms with Gasteiger partial charge in [0.15, 0.2) is 5.58 Å². The van der Waals surface area contributed by atoms with Crippen molar-refractivity contribution in [2.45, 2.75) is 44.9 Å². The van der Waals surface area contributed by atoms with Crippen molar-refractivity contribution in [1.29, 1.82) is 0 Å². The minimum Gasteiger partial charge on any atom is -0.507 e. The van der Waals surface area contributed by atoms with Gasteiger partial charge >= 0.3 is 6.18 Å². The normalized spacial score (nSPS) is 18.7. The fraction of sp³-hybridized carbons (Fsp3) is 0.296. The summed E-state index contributed by atoms with van der Waals surface area (Å²) >= 11 is 0. The van der Waals surface area contributed by atoms with Gasteiger partial charge in [0, 0.05) is 0 Å². The lowest BCUT2D eigenvalue weighted by Crippen LogP contribution is -3.14. The number of alkyl halides is 3. The van der Waals surface area contributed by atoms with Crippen LogP contribution >= 0.6 is 0 Å². The number of aromatic hydroxyl groups is 1. The molecule has 182 valence electrons. The Bertz CT molecular complexity index is 1460. The lowest BCUT2D eigenvalue weighted by atomic mass is 10.0. The Hall–Kier alpha value is -3.52. The van der Waals surface area contributed by atoms with Gasteiger partial charge in [0.25, 0.3) is 5.76 Å². The summed E-state index contributed by atoms with van der Waals surface area (Å²) in [6, 6.07) is 15.0. The monoisotopic (exact) mass is 484 g/mol. The van der Waals surface area contributed by atoms with E-state index in [1.54, 1.807) is 24.3 Å². The number of fused-ring (bicyclic) bond motifs is 2. The largest absolute Gasteiger partial charge is 0.507 e. The van der Waals surface area contributed by atoms with E-state index in [2.05, 4.69) is 6.92 Å². The number of ether oxygens (including phenoxy) is 1. The van der Waals surface area contributed by atoms with Crippen LogP contribution in [-0.2, 0) is 12.7 Å². The van der Waals surface area contributed by atoms with Gasteiger partial charge in [0.1, 0.15) is 18.0 Å². The molecule has 4 aromatic rings. The number of likely N-dealkylation sites (tertiary alicyclic amines) is 1. The molecule has 1 aromatic heterocycles. The maximum atomic E-state index is 14.1. The summed E-state index contributed by atoms with van der Waals surface area (Å²) in [5, 5.41) is 12.1. The van der Waals surface area contributed by atoms with Crippen molar-refractivity contribution in [3.05, 3.63) is 76.1 Å². The van der Waals surface area contributed by atoms with E-state index >= 15 is 0 Å². The molecule has 3 aromatic carbocycles. The molecule has 0 radical (unpaired) electrons. The van der Waals surface area contributed by atoms with Gasteiger partial charge in [-0.1, -0.05) is 30.3 Å². The molecule has 1 fully saturated rings. The number of phenols is 1. The number of phenolic OH excluding ortho intramolecular Hbond substituents is 1.